The molecule has 172 valence electrons. The highest BCUT2D eigenvalue weighted by Gasteiger charge is 2.13. The molecule has 0 unspecified atom stereocenters. The number of nitrogens with zero attached hydrogens (tertiary/aromatic N) is 3. The van der Waals surface area contributed by atoms with Crippen LogP contribution in [0, 0.1) is 0 Å². The van der Waals surface area contributed by atoms with Gasteiger partial charge in [-0.1, -0.05) is 34.5 Å². The van der Waals surface area contributed by atoms with Gasteiger partial charge in [0.2, 0.25) is 5.91 Å². The first-order valence-electron chi connectivity index (χ1n) is 11.2. The number of rotatable bonds is 8. The number of anilines is 3. The number of hydrogen-bond donors (Lipinski definition) is 2. The number of hydrogen-bond acceptors (Lipinski definition) is 6. The molecule has 0 aliphatic carbocycles. The number of nitrogens with one attached hydrogen (secondary N) is 2. The van der Waals surface area contributed by atoms with E-state index in [0.29, 0.717) is 17.3 Å². The van der Waals surface area contributed by atoms with Crippen LogP contribution in [-0.4, -0.2) is 47.5 Å². The summed E-state index contributed by atoms with van der Waals surface area (Å²) >= 11 is 3.49. The summed E-state index contributed by atoms with van der Waals surface area (Å²) in [6, 6.07) is 11.5. The molecule has 2 N–H and O–H groups in total. The Morgan fingerprint density at radius 1 is 1.18 bits per heavy atom. The number of likely N-dealkylation sites (tertiary alicyclic amines) is 1. The van der Waals surface area contributed by atoms with Crippen LogP contribution in [0.3, 0.4) is 0 Å². The summed E-state index contributed by atoms with van der Waals surface area (Å²) in [6.45, 7) is 3.31. The number of carbonyl (C=O) groups is 1. The van der Waals surface area contributed by atoms with Gasteiger partial charge in [-0.25, -0.2) is 9.97 Å². The van der Waals surface area contributed by atoms with E-state index in [1.54, 1.807) is 19.3 Å². The van der Waals surface area contributed by atoms with Crippen molar-refractivity contribution < 1.29 is 9.53 Å². The van der Waals surface area contributed by atoms with Crippen LogP contribution >= 0.6 is 15.9 Å². The number of piperidine rings is 1. The minimum atomic E-state index is -0.190. The Morgan fingerprint density at radius 2 is 2.03 bits per heavy atom. The third kappa shape index (κ3) is 6.30. The second-order valence-electron chi connectivity index (χ2n) is 8.01. The van der Waals surface area contributed by atoms with Crippen LogP contribution in [0.2, 0.25) is 0 Å². The number of ether oxygens (including phenoxy) is 1. The van der Waals surface area contributed by atoms with Gasteiger partial charge in [0.25, 0.3) is 0 Å². The highest BCUT2D eigenvalue weighted by atomic mass is 79.9. The monoisotopic (exact) mass is 509 g/mol. The van der Waals surface area contributed by atoms with E-state index in [1.165, 1.54) is 25.6 Å². The highest BCUT2D eigenvalue weighted by molar-refractivity contribution is 9.10. The Bertz CT molecular complexity index is 1140. The van der Waals surface area contributed by atoms with E-state index in [-0.39, 0.29) is 5.91 Å². The second kappa shape index (κ2) is 11.2. The smallest absolute Gasteiger partial charge is 0.248 e. The molecule has 8 heteroatoms. The molecule has 1 amide bonds. The Morgan fingerprint density at radius 3 is 2.82 bits per heavy atom. The SMILES string of the molecule is COc1cc2ncnc(Nc3cccc(Br)c3)c2cc1NC(=O)/C=C/CCN1CCCCC1. The van der Waals surface area contributed by atoms with E-state index in [2.05, 4.69) is 41.4 Å². The van der Waals surface area contributed by atoms with Crippen LogP contribution in [0.15, 0.2) is 59.4 Å². The lowest BCUT2D eigenvalue weighted by molar-refractivity contribution is -0.111. The summed E-state index contributed by atoms with van der Waals surface area (Å²) in [7, 11) is 1.58. The van der Waals surface area contributed by atoms with Crippen molar-refractivity contribution >= 4 is 49.9 Å². The Labute approximate surface area is 202 Å². The zero-order valence-corrected chi connectivity index (χ0v) is 20.3. The lowest BCUT2D eigenvalue weighted by atomic mass is 10.1. The Balaban J connectivity index is 1.49. The maximum atomic E-state index is 12.6. The van der Waals surface area contributed by atoms with Crippen molar-refractivity contribution in [3.63, 3.8) is 0 Å². The van der Waals surface area contributed by atoms with Gasteiger partial charge >= 0.3 is 0 Å². The van der Waals surface area contributed by atoms with Gasteiger partial charge in [-0.05, 0) is 62.7 Å². The molecule has 2 aromatic carbocycles. The van der Waals surface area contributed by atoms with Gasteiger partial charge in [0, 0.05) is 28.2 Å². The van der Waals surface area contributed by atoms with E-state index in [9.17, 15) is 4.79 Å². The summed E-state index contributed by atoms with van der Waals surface area (Å²) in [4.78, 5) is 23.8. The van der Waals surface area contributed by atoms with Crippen molar-refractivity contribution in [2.75, 3.05) is 37.4 Å². The third-order valence-corrected chi connectivity index (χ3v) is 6.12. The highest BCUT2D eigenvalue weighted by Crippen LogP contribution is 2.33. The van der Waals surface area contributed by atoms with E-state index < -0.39 is 0 Å². The van der Waals surface area contributed by atoms with Crippen molar-refractivity contribution in [2.24, 2.45) is 0 Å². The molecule has 0 saturated carbocycles. The molecule has 3 aromatic rings. The van der Waals surface area contributed by atoms with Gasteiger partial charge in [-0.2, -0.15) is 0 Å². The topological polar surface area (TPSA) is 79.4 Å². The quantitative estimate of drug-likeness (QED) is 0.389. The molecule has 1 aromatic heterocycles. The molecule has 7 nitrogen and oxygen atoms in total. The number of benzene rings is 2. The van der Waals surface area contributed by atoms with Gasteiger partial charge in [0.05, 0.1) is 18.3 Å². The van der Waals surface area contributed by atoms with Gasteiger partial charge in [0.15, 0.2) is 0 Å². The van der Waals surface area contributed by atoms with Gasteiger partial charge in [0.1, 0.15) is 17.9 Å². The largest absolute Gasteiger partial charge is 0.494 e. The van der Waals surface area contributed by atoms with Crippen molar-refractivity contribution in [2.45, 2.75) is 25.7 Å². The van der Waals surface area contributed by atoms with Gasteiger partial charge in [-0.3, -0.25) is 4.79 Å². The summed E-state index contributed by atoms with van der Waals surface area (Å²) in [5, 5.41) is 7.04. The van der Waals surface area contributed by atoms with Gasteiger partial charge < -0.3 is 20.3 Å². The second-order valence-corrected chi connectivity index (χ2v) is 8.93. The molecule has 4 rings (SSSR count). The number of methoxy groups -OCH3 is 1. The molecule has 1 fully saturated rings. The molecular weight excluding hydrogens is 482 g/mol. The minimum Gasteiger partial charge on any atom is -0.494 e. The third-order valence-electron chi connectivity index (χ3n) is 5.63. The number of fused-ring (bicyclic) bond motifs is 1. The normalized spacial score (nSPS) is 14.5. The molecule has 1 saturated heterocycles. The number of aromatic nitrogens is 2. The van der Waals surface area contributed by atoms with Crippen LogP contribution in [0.4, 0.5) is 17.2 Å². The fourth-order valence-corrected chi connectivity index (χ4v) is 4.36. The average Bonchev–Trinajstić information content (AvgIpc) is 2.82. The first-order valence-corrected chi connectivity index (χ1v) is 12.0. The molecule has 0 radical (unpaired) electrons. The number of amides is 1. The lowest BCUT2D eigenvalue weighted by Crippen LogP contribution is -2.30. The summed E-state index contributed by atoms with van der Waals surface area (Å²) in [5.74, 6) is 1.00. The predicted octanol–water partition coefficient (Wildman–Crippen LogP) is 5.52. The van der Waals surface area contributed by atoms with E-state index in [1.807, 2.05) is 36.4 Å². The fraction of sp³-hybridized carbons (Fsp3) is 0.320. The van der Waals surface area contributed by atoms with E-state index in [4.69, 9.17) is 4.74 Å². The zero-order valence-electron chi connectivity index (χ0n) is 18.7. The van der Waals surface area contributed by atoms with E-state index >= 15 is 0 Å². The molecule has 2 heterocycles. The van der Waals surface area contributed by atoms with Crippen LogP contribution in [0.5, 0.6) is 5.75 Å². The molecule has 1 aliphatic rings. The van der Waals surface area contributed by atoms with Crippen molar-refractivity contribution in [3.05, 3.63) is 59.4 Å². The van der Waals surface area contributed by atoms with Gasteiger partial charge in [-0.15, -0.1) is 0 Å². The van der Waals surface area contributed by atoms with Crippen LogP contribution in [0.25, 0.3) is 10.9 Å². The summed E-state index contributed by atoms with van der Waals surface area (Å²) < 4.78 is 6.47. The van der Waals surface area contributed by atoms with Crippen LogP contribution in [0.1, 0.15) is 25.7 Å². The summed E-state index contributed by atoms with van der Waals surface area (Å²) in [5.41, 5.74) is 2.18. The van der Waals surface area contributed by atoms with Crippen molar-refractivity contribution in [1.29, 1.82) is 0 Å². The minimum absolute atomic E-state index is 0.190. The van der Waals surface area contributed by atoms with Crippen LogP contribution in [-0.2, 0) is 4.79 Å². The molecule has 0 spiro atoms. The van der Waals surface area contributed by atoms with Crippen LogP contribution < -0.4 is 15.4 Å². The molecule has 33 heavy (non-hydrogen) atoms. The van der Waals surface area contributed by atoms with E-state index in [0.717, 1.165) is 47.1 Å². The number of halogens is 1. The van der Waals surface area contributed by atoms with Crippen molar-refractivity contribution in [1.82, 2.24) is 14.9 Å². The average molecular weight is 510 g/mol. The maximum absolute atomic E-state index is 12.6. The number of carbonyl (C=O) groups excluding carboxylic acids is 1. The maximum Gasteiger partial charge on any atom is 0.248 e. The Hall–Kier alpha value is -2.97. The molecule has 0 atom stereocenters. The summed E-state index contributed by atoms with van der Waals surface area (Å²) in [6.07, 6.45) is 9.76. The first kappa shape index (κ1) is 23.2. The predicted molar refractivity (Wildman–Crippen MR) is 136 cm³/mol. The standard InChI is InChI=1S/C25H28BrN5O2/c1-33-23-16-21-20(25(28-17-27-21)29-19-9-7-8-18(26)14-19)15-22(23)30-24(32)10-3-6-13-31-11-4-2-5-12-31/h3,7-10,14-17H,2,4-6,11-13H2,1H3,(H,30,32)(H,27,28,29)/b10-3+. The van der Waals surface area contributed by atoms with Crippen molar-refractivity contribution in [3.8, 4) is 5.75 Å². The fourth-order valence-electron chi connectivity index (χ4n) is 3.96. The Kier molecular flexibility index (Phi) is 7.91. The molecule has 1 aliphatic heterocycles. The molecular formula is C25H28BrN5O2. The lowest BCUT2D eigenvalue weighted by Gasteiger charge is -2.25. The zero-order chi connectivity index (χ0) is 23.0. The first-order chi connectivity index (χ1) is 16.1. The molecule has 0 bridgehead atoms.